The minimum atomic E-state index is -1.24. The standard InChI is InChI=1S/C7H7NO5/c9-5(1-2-6(10)11)8-3-4-13-7(8)12/h1-2H,3-4H2,(H,10,11). The number of carbonyl (C=O) groups excluding carboxylic acids is 2. The molecule has 0 aromatic heterocycles. The Morgan fingerprint density at radius 2 is 2.15 bits per heavy atom. The van der Waals surface area contributed by atoms with Crippen molar-refractivity contribution < 1.29 is 24.2 Å². The van der Waals surface area contributed by atoms with Gasteiger partial charge in [0.1, 0.15) is 6.61 Å². The Morgan fingerprint density at radius 1 is 1.46 bits per heavy atom. The summed E-state index contributed by atoms with van der Waals surface area (Å²) in [5.74, 6) is -1.91. The molecule has 0 saturated carbocycles. The van der Waals surface area contributed by atoms with Gasteiger partial charge in [-0.25, -0.2) is 14.5 Å². The number of carboxylic acid groups (broad SMARTS) is 1. The molecule has 0 aromatic rings. The quantitative estimate of drug-likeness (QED) is 0.592. The lowest BCUT2D eigenvalue weighted by atomic mass is 10.4. The monoisotopic (exact) mass is 185 g/mol. The van der Waals surface area contributed by atoms with Crippen molar-refractivity contribution in [2.75, 3.05) is 13.2 Å². The predicted molar refractivity (Wildman–Crippen MR) is 39.8 cm³/mol. The van der Waals surface area contributed by atoms with Crippen LogP contribution in [-0.4, -0.2) is 41.1 Å². The van der Waals surface area contributed by atoms with Crippen LogP contribution in [-0.2, 0) is 14.3 Å². The van der Waals surface area contributed by atoms with Gasteiger partial charge in [0.15, 0.2) is 0 Å². The lowest BCUT2D eigenvalue weighted by molar-refractivity contribution is -0.132. The van der Waals surface area contributed by atoms with E-state index in [1.165, 1.54) is 0 Å². The molecule has 0 aliphatic carbocycles. The third kappa shape index (κ3) is 2.29. The van der Waals surface area contributed by atoms with Crippen molar-refractivity contribution in [2.24, 2.45) is 0 Å². The second kappa shape index (κ2) is 3.70. The summed E-state index contributed by atoms with van der Waals surface area (Å²) < 4.78 is 4.48. The van der Waals surface area contributed by atoms with Gasteiger partial charge in [0, 0.05) is 12.2 Å². The molecule has 70 valence electrons. The minimum Gasteiger partial charge on any atom is -0.478 e. The molecule has 0 bridgehead atoms. The smallest absolute Gasteiger partial charge is 0.416 e. The summed E-state index contributed by atoms with van der Waals surface area (Å²) in [5.41, 5.74) is 0. The molecule has 0 atom stereocenters. The molecule has 1 aliphatic heterocycles. The van der Waals surface area contributed by atoms with Crippen LogP contribution in [0.4, 0.5) is 4.79 Å². The summed E-state index contributed by atoms with van der Waals surface area (Å²) in [4.78, 5) is 32.7. The average Bonchev–Trinajstić information content (AvgIpc) is 2.47. The molecular weight excluding hydrogens is 178 g/mol. The number of nitrogens with zero attached hydrogens (tertiary/aromatic N) is 1. The first kappa shape index (κ1) is 9.24. The number of aliphatic carboxylic acids is 1. The summed E-state index contributed by atoms with van der Waals surface area (Å²) >= 11 is 0. The first-order valence-corrected chi connectivity index (χ1v) is 3.50. The van der Waals surface area contributed by atoms with E-state index in [0.717, 1.165) is 11.0 Å². The summed E-state index contributed by atoms with van der Waals surface area (Å²) in [6.45, 7) is 0.326. The van der Waals surface area contributed by atoms with Gasteiger partial charge in [-0.15, -0.1) is 0 Å². The lowest BCUT2D eigenvalue weighted by Crippen LogP contribution is -2.30. The Kier molecular flexibility index (Phi) is 2.63. The van der Waals surface area contributed by atoms with Gasteiger partial charge in [-0.3, -0.25) is 4.79 Å². The fourth-order valence-electron chi connectivity index (χ4n) is 0.826. The molecule has 0 radical (unpaired) electrons. The number of carboxylic acids is 1. The predicted octanol–water partition coefficient (Wildman–Crippen LogP) is -0.394. The Balaban J connectivity index is 2.57. The van der Waals surface area contributed by atoms with Gasteiger partial charge in [0.25, 0.3) is 5.91 Å². The van der Waals surface area contributed by atoms with Crippen molar-refractivity contribution in [3.63, 3.8) is 0 Å². The van der Waals surface area contributed by atoms with Crippen LogP contribution in [0.2, 0.25) is 0 Å². The molecule has 6 heteroatoms. The zero-order valence-corrected chi connectivity index (χ0v) is 6.60. The van der Waals surface area contributed by atoms with Crippen molar-refractivity contribution >= 4 is 18.0 Å². The van der Waals surface area contributed by atoms with E-state index >= 15 is 0 Å². The highest BCUT2D eigenvalue weighted by atomic mass is 16.6. The van der Waals surface area contributed by atoms with E-state index < -0.39 is 18.0 Å². The fourth-order valence-corrected chi connectivity index (χ4v) is 0.826. The van der Waals surface area contributed by atoms with Gasteiger partial charge >= 0.3 is 12.1 Å². The maximum absolute atomic E-state index is 11.0. The molecule has 0 aromatic carbocycles. The first-order chi connectivity index (χ1) is 6.11. The topological polar surface area (TPSA) is 83.9 Å². The highest BCUT2D eigenvalue weighted by molar-refractivity contribution is 6.01. The van der Waals surface area contributed by atoms with Gasteiger partial charge in [0.05, 0.1) is 6.54 Å². The van der Waals surface area contributed by atoms with Crippen LogP contribution in [0.15, 0.2) is 12.2 Å². The van der Waals surface area contributed by atoms with E-state index in [-0.39, 0.29) is 13.2 Å². The molecule has 1 rings (SSSR count). The number of carbonyl (C=O) groups is 3. The Bertz CT molecular complexity index is 283. The molecule has 6 nitrogen and oxygen atoms in total. The average molecular weight is 185 g/mol. The highest BCUT2D eigenvalue weighted by Gasteiger charge is 2.26. The molecule has 0 spiro atoms. The van der Waals surface area contributed by atoms with Crippen LogP contribution in [0.25, 0.3) is 0 Å². The Labute approximate surface area is 73.4 Å². The number of imide groups is 1. The zero-order valence-electron chi connectivity index (χ0n) is 6.60. The first-order valence-electron chi connectivity index (χ1n) is 3.50. The van der Waals surface area contributed by atoms with Crippen molar-refractivity contribution in [3.8, 4) is 0 Å². The molecule has 1 aliphatic rings. The van der Waals surface area contributed by atoms with E-state index in [9.17, 15) is 14.4 Å². The molecular formula is C7H7NO5. The van der Waals surface area contributed by atoms with E-state index in [1.54, 1.807) is 0 Å². The van der Waals surface area contributed by atoms with E-state index in [1.807, 2.05) is 0 Å². The molecule has 2 amide bonds. The van der Waals surface area contributed by atoms with Gasteiger partial charge in [-0.05, 0) is 0 Å². The lowest BCUT2D eigenvalue weighted by Gasteiger charge is -2.05. The number of cyclic esters (lactones) is 1. The maximum atomic E-state index is 11.0. The van der Waals surface area contributed by atoms with Gasteiger partial charge in [-0.1, -0.05) is 0 Å². The number of hydrogen-bond donors (Lipinski definition) is 1. The third-order valence-electron chi connectivity index (χ3n) is 1.40. The largest absolute Gasteiger partial charge is 0.478 e. The maximum Gasteiger partial charge on any atom is 0.416 e. The molecule has 1 saturated heterocycles. The molecule has 13 heavy (non-hydrogen) atoms. The highest BCUT2D eigenvalue weighted by Crippen LogP contribution is 2.03. The number of hydrogen-bond acceptors (Lipinski definition) is 4. The molecule has 1 fully saturated rings. The molecule has 1 heterocycles. The van der Waals surface area contributed by atoms with Crippen LogP contribution in [0.3, 0.4) is 0 Å². The van der Waals surface area contributed by atoms with Crippen LogP contribution in [0, 0.1) is 0 Å². The van der Waals surface area contributed by atoms with Crippen LogP contribution >= 0.6 is 0 Å². The van der Waals surface area contributed by atoms with Crippen molar-refractivity contribution in [1.82, 2.24) is 4.90 Å². The Hall–Kier alpha value is -1.85. The SMILES string of the molecule is O=C(O)C=CC(=O)N1CCOC1=O. The van der Waals surface area contributed by atoms with Gasteiger partial charge in [-0.2, -0.15) is 0 Å². The van der Waals surface area contributed by atoms with Crippen molar-refractivity contribution in [1.29, 1.82) is 0 Å². The summed E-state index contributed by atoms with van der Waals surface area (Å²) in [5, 5.41) is 8.20. The number of rotatable bonds is 2. The van der Waals surface area contributed by atoms with Crippen LogP contribution in [0.5, 0.6) is 0 Å². The normalized spacial score (nSPS) is 16.3. The van der Waals surface area contributed by atoms with Crippen LogP contribution < -0.4 is 0 Å². The van der Waals surface area contributed by atoms with Gasteiger partial charge < -0.3 is 9.84 Å². The van der Waals surface area contributed by atoms with E-state index in [2.05, 4.69) is 4.74 Å². The summed E-state index contributed by atoms with van der Waals surface area (Å²) in [7, 11) is 0. The van der Waals surface area contributed by atoms with Gasteiger partial charge in [0.2, 0.25) is 0 Å². The second-order valence-corrected chi connectivity index (χ2v) is 2.28. The number of amides is 2. The Morgan fingerprint density at radius 3 is 2.62 bits per heavy atom. The molecule has 0 unspecified atom stereocenters. The summed E-state index contributed by atoms with van der Waals surface area (Å²) in [6.07, 6.45) is 0.753. The van der Waals surface area contributed by atoms with Crippen molar-refractivity contribution in [2.45, 2.75) is 0 Å². The fraction of sp³-hybridized carbons (Fsp3) is 0.286. The van der Waals surface area contributed by atoms with Crippen LogP contribution in [0.1, 0.15) is 0 Å². The van der Waals surface area contributed by atoms with Crippen molar-refractivity contribution in [3.05, 3.63) is 12.2 Å². The van der Waals surface area contributed by atoms with E-state index in [0.29, 0.717) is 6.08 Å². The second-order valence-electron chi connectivity index (χ2n) is 2.28. The third-order valence-corrected chi connectivity index (χ3v) is 1.40. The van der Waals surface area contributed by atoms with E-state index in [4.69, 9.17) is 5.11 Å². The summed E-state index contributed by atoms with van der Waals surface area (Å²) in [6, 6.07) is 0. The molecule has 1 N–H and O–H groups in total. The minimum absolute atomic E-state index is 0.158. The number of ether oxygens (including phenoxy) is 1. The zero-order chi connectivity index (χ0) is 9.84.